The number of nitrogens with one attached hydrogen (secondary N) is 3. The van der Waals surface area contributed by atoms with E-state index in [1.807, 2.05) is 62.5 Å². The fraction of sp³-hybridized carbons (Fsp3) is 0.457. The van der Waals surface area contributed by atoms with Crippen LogP contribution in [0.3, 0.4) is 0 Å². The number of aromatic nitrogens is 5. The average molecular weight is 827 g/mol. The maximum absolute atomic E-state index is 13.6. The smallest absolute Gasteiger partial charge is 0.263 e. The van der Waals surface area contributed by atoms with Crippen molar-refractivity contribution in [3.05, 3.63) is 99.4 Å². The lowest BCUT2D eigenvalue weighted by Gasteiger charge is -2.34. The van der Waals surface area contributed by atoms with E-state index in [1.54, 1.807) is 23.9 Å². The van der Waals surface area contributed by atoms with Gasteiger partial charge in [-0.3, -0.25) is 28.8 Å². The van der Waals surface area contributed by atoms with Crippen molar-refractivity contribution in [1.82, 2.24) is 29.4 Å². The Morgan fingerprint density at radius 3 is 2.34 bits per heavy atom. The number of pyridine rings is 3. The first-order valence-electron chi connectivity index (χ1n) is 21.7. The van der Waals surface area contributed by atoms with E-state index in [0.29, 0.717) is 40.9 Å². The standard InChI is InChI=1S/C46H58N12O3/c1-31-17-18-35(27-48-31)53-44(60)38-15-12-16-40(32(38)2)47-21-10-6-5-7-11-22-51-52-30-56-23-25-57(26-24-56)37-19-20-41(49-28-37)54-46-50-29-39-33(3)42(34(4)59)45(61)58(43(39)55-46)36-13-8-9-14-36/h12,15-20,27-29,36,47H,5-11,13-14,21-26,30H2,1-4H3,(H,53,60)(H,49,50,54,55)/b52-51+. The lowest BCUT2D eigenvalue weighted by molar-refractivity contribution is 0.101. The zero-order chi connectivity index (χ0) is 42.7. The quantitative estimate of drug-likeness (QED) is 0.0440. The molecule has 0 spiro atoms. The third kappa shape index (κ3) is 10.8. The monoisotopic (exact) mass is 826 g/mol. The summed E-state index contributed by atoms with van der Waals surface area (Å²) in [6, 6.07) is 13.5. The number of carbonyl (C=O) groups excluding carboxylic acids is 2. The number of benzene rings is 1. The Kier molecular flexibility index (Phi) is 14.4. The molecule has 5 aromatic rings. The molecule has 7 rings (SSSR count). The molecule has 1 saturated carbocycles. The maximum atomic E-state index is 13.6. The van der Waals surface area contributed by atoms with Crippen molar-refractivity contribution < 1.29 is 9.59 Å². The van der Waals surface area contributed by atoms with Crippen LogP contribution in [0.1, 0.15) is 108 Å². The van der Waals surface area contributed by atoms with Crippen LogP contribution < -0.4 is 26.4 Å². The van der Waals surface area contributed by atoms with Gasteiger partial charge in [0.25, 0.3) is 11.5 Å². The van der Waals surface area contributed by atoms with Gasteiger partial charge in [0.05, 0.1) is 35.9 Å². The van der Waals surface area contributed by atoms with Crippen LogP contribution in [-0.4, -0.2) is 87.0 Å². The number of anilines is 5. The Morgan fingerprint density at radius 2 is 1.61 bits per heavy atom. The summed E-state index contributed by atoms with van der Waals surface area (Å²) >= 11 is 0. The average Bonchev–Trinajstić information content (AvgIpc) is 3.79. The largest absolute Gasteiger partial charge is 0.385 e. The number of rotatable bonds is 18. The zero-order valence-corrected chi connectivity index (χ0v) is 35.9. The highest BCUT2D eigenvalue weighted by molar-refractivity contribution is 6.06. The van der Waals surface area contributed by atoms with Gasteiger partial charge in [-0.25, -0.2) is 9.97 Å². The van der Waals surface area contributed by atoms with E-state index in [4.69, 9.17) is 4.98 Å². The SMILES string of the molecule is CC(=O)c1c(C)c2cnc(Nc3ccc(N4CCN(C/N=N/CCCCCCCNc5cccc(C(=O)Nc6ccc(C)nc6)c5C)CC4)cn3)nc2n(C2CCCC2)c1=O. The second kappa shape index (κ2) is 20.4. The number of unbranched alkanes of at least 4 members (excludes halogenated alkanes) is 4. The van der Waals surface area contributed by atoms with Crippen molar-refractivity contribution in [2.24, 2.45) is 10.2 Å². The Bertz CT molecular complexity index is 2380. The predicted octanol–water partition coefficient (Wildman–Crippen LogP) is 8.41. The summed E-state index contributed by atoms with van der Waals surface area (Å²) in [5.74, 6) is 0.599. The minimum absolute atomic E-state index is 0.0212. The van der Waals surface area contributed by atoms with Crippen LogP contribution in [0.25, 0.3) is 11.0 Å². The van der Waals surface area contributed by atoms with Crippen molar-refractivity contribution in [3.63, 3.8) is 0 Å². The molecule has 5 heterocycles. The minimum atomic E-state index is -0.264. The summed E-state index contributed by atoms with van der Waals surface area (Å²) < 4.78 is 1.72. The topological polar surface area (TPSA) is 175 Å². The van der Waals surface area contributed by atoms with Gasteiger partial charge in [0.2, 0.25) is 5.95 Å². The lowest BCUT2D eigenvalue weighted by Crippen LogP contribution is -2.46. The van der Waals surface area contributed by atoms with Gasteiger partial charge in [-0.05, 0) is 101 Å². The van der Waals surface area contributed by atoms with E-state index in [0.717, 1.165) is 125 Å². The number of piperazine rings is 1. The van der Waals surface area contributed by atoms with Crippen molar-refractivity contribution in [2.45, 2.75) is 91.5 Å². The highest BCUT2D eigenvalue weighted by Gasteiger charge is 2.26. The van der Waals surface area contributed by atoms with Crippen LogP contribution in [0, 0.1) is 20.8 Å². The number of aryl methyl sites for hydroxylation is 2. The predicted molar refractivity (Wildman–Crippen MR) is 242 cm³/mol. The number of carbonyl (C=O) groups is 2. The van der Waals surface area contributed by atoms with E-state index >= 15 is 0 Å². The van der Waals surface area contributed by atoms with Gasteiger partial charge in [-0.1, -0.05) is 38.2 Å². The van der Waals surface area contributed by atoms with Gasteiger partial charge in [-0.15, -0.1) is 0 Å². The molecular weight excluding hydrogens is 769 g/mol. The summed E-state index contributed by atoms with van der Waals surface area (Å²) in [4.78, 5) is 61.8. The molecule has 1 saturated heterocycles. The number of fused-ring (bicyclic) bond motifs is 1. The van der Waals surface area contributed by atoms with Crippen LogP contribution >= 0.6 is 0 Å². The first kappa shape index (κ1) is 43.0. The molecule has 3 N–H and O–H groups in total. The van der Waals surface area contributed by atoms with Gasteiger partial charge >= 0.3 is 0 Å². The van der Waals surface area contributed by atoms with E-state index in [2.05, 4.69) is 50.9 Å². The highest BCUT2D eigenvalue weighted by Crippen LogP contribution is 2.32. The summed E-state index contributed by atoms with van der Waals surface area (Å²) in [5.41, 5.74) is 6.36. The molecule has 0 unspecified atom stereocenters. The van der Waals surface area contributed by atoms with Gasteiger partial charge in [0.1, 0.15) is 18.1 Å². The van der Waals surface area contributed by atoms with Gasteiger partial charge in [0.15, 0.2) is 5.78 Å². The lowest BCUT2D eigenvalue weighted by atomic mass is 10.0. The number of azo groups is 1. The molecule has 320 valence electrons. The van der Waals surface area contributed by atoms with Crippen molar-refractivity contribution in [3.8, 4) is 0 Å². The molecule has 2 aliphatic rings. The molecule has 1 aliphatic heterocycles. The number of ketones is 1. The maximum Gasteiger partial charge on any atom is 0.263 e. The van der Waals surface area contributed by atoms with Crippen molar-refractivity contribution >= 4 is 51.6 Å². The molecule has 15 heteroatoms. The van der Waals surface area contributed by atoms with Gasteiger partial charge in [-0.2, -0.15) is 15.2 Å². The molecule has 61 heavy (non-hydrogen) atoms. The Morgan fingerprint density at radius 1 is 0.820 bits per heavy atom. The molecule has 2 fully saturated rings. The number of nitrogens with zero attached hydrogens (tertiary/aromatic N) is 9. The fourth-order valence-corrected chi connectivity index (χ4v) is 8.30. The molecule has 1 aliphatic carbocycles. The van der Waals surface area contributed by atoms with E-state index in [1.165, 1.54) is 6.92 Å². The van der Waals surface area contributed by atoms with Crippen LogP contribution in [0.2, 0.25) is 0 Å². The van der Waals surface area contributed by atoms with Gasteiger partial charge in [0, 0.05) is 67.3 Å². The van der Waals surface area contributed by atoms with E-state index < -0.39 is 0 Å². The molecule has 1 aromatic carbocycles. The molecular formula is C46H58N12O3. The summed E-state index contributed by atoms with van der Waals surface area (Å²) in [6.07, 6.45) is 14.6. The molecule has 0 atom stereocenters. The Labute approximate surface area is 357 Å². The van der Waals surface area contributed by atoms with E-state index in [9.17, 15) is 14.4 Å². The molecule has 1 amide bonds. The molecule has 0 bridgehead atoms. The number of Topliss-reactive ketones (excluding diaryl/α,β-unsaturated/α-hetero) is 1. The number of hydrogen-bond acceptors (Lipinski definition) is 13. The van der Waals surface area contributed by atoms with Crippen LogP contribution in [0.15, 0.2) is 76.1 Å². The van der Waals surface area contributed by atoms with Gasteiger partial charge < -0.3 is 20.9 Å². The Hall–Kier alpha value is -6.09. The second-order valence-electron chi connectivity index (χ2n) is 16.2. The van der Waals surface area contributed by atoms with Crippen LogP contribution in [-0.2, 0) is 0 Å². The first-order valence-corrected chi connectivity index (χ1v) is 21.7. The fourth-order valence-electron chi connectivity index (χ4n) is 8.30. The molecule has 0 radical (unpaired) electrons. The molecule has 15 nitrogen and oxygen atoms in total. The third-order valence-corrected chi connectivity index (χ3v) is 11.8. The summed E-state index contributed by atoms with van der Waals surface area (Å²) in [5, 5.41) is 19.3. The van der Waals surface area contributed by atoms with Crippen molar-refractivity contribution in [1.29, 1.82) is 0 Å². The van der Waals surface area contributed by atoms with E-state index in [-0.39, 0.29) is 28.9 Å². The van der Waals surface area contributed by atoms with Crippen LogP contribution in [0.5, 0.6) is 0 Å². The first-order chi connectivity index (χ1) is 29.7. The second-order valence-corrected chi connectivity index (χ2v) is 16.2. The van der Waals surface area contributed by atoms with Crippen LogP contribution in [0.4, 0.5) is 28.8 Å². The number of hydrogen-bond donors (Lipinski definition) is 3. The third-order valence-electron chi connectivity index (χ3n) is 11.8. The van der Waals surface area contributed by atoms with Crippen molar-refractivity contribution in [2.75, 3.05) is 66.8 Å². The minimum Gasteiger partial charge on any atom is -0.385 e. The zero-order valence-electron chi connectivity index (χ0n) is 35.9. The summed E-state index contributed by atoms with van der Waals surface area (Å²) in [7, 11) is 0. The Balaban J connectivity index is 0.781. The highest BCUT2D eigenvalue weighted by atomic mass is 16.2. The number of amides is 1. The normalized spacial score (nSPS) is 14.9. The summed E-state index contributed by atoms with van der Waals surface area (Å²) in [6.45, 7) is 12.9. The molecule has 4 aromatic heterocycles.